The third-order valence-electron chi connectivity index (χ3n) is 7.18. The number of H-pyrrole nitrogens is 1. The number of hydrogen-bond acceptors (Lipinski definition) is 6. The maximum absolute atomic E-state index is 14.1. The van der Waals surface area contributed by atoms with Crippen molar-refractivity contribution in [3.8, 4) is 23.3 Å². The van der Waals surface area contributed by atoms with E-state index < -0.39 is 5.41 Å². The number of nitriles is 1. The van der Waals surface area contributed by atoms with Gasteiger partial charge < -0.3 is 4.57 Å². The van der Waals surface area contributed by atoms with Gasteiger partial charge in [0, 0.05) is 54.1 Å². The fraction of sp³-hybridized carbons (Fsp3) is 0.357. The van der Waals surface area contributed by atoms with Crippen LogP contribution in [0.1, 0.15) is 62.9 Å². The molecule has 0 spiro atoms. The summed E-state index contributed by atoms with van der Waals surface area (Å²) in [5.41, 5.74) is 2.68. The van der Waals surface area contributed by atoms with E-state index >= 15 is 0 Å². The molecule has 1 aromatic carbocycles. The highest BCUT2D eigenvalue weighted by molar-refractivity contribution is 5.65. The number of aromatic amines is 1. The molecule has 10 heteroatoms. The van der Waals surface area contributed by atoms with Gasteiger partial charge >= 0.3 is 5.69 Å². The first-order valence-electron chi connectivity index (χ1n) is 12.9. The molecule has 4 aromatic rings. The van der Waals surface area contributed by atoms with Crippen molar-refractivity contribution in [2.45, 2.75) is 64.5 Å². The lowest BCUT2D eigenvalue weighted by Gasteiger charge is -2.32. The molecule has 38 heavy (non-hydrogen) atoms. The van der Waals surface area contributed by atoms with Gasteiger partial charge in [0.15, 0.2) is 5.82 Å². The normalized spacial score (nSPS) is 16.8. The highest BCUT2D eigenvalue weighted by atomic mass is 16.1. The molecule has 5 rings (SSSR count). The van der Waals surface area contributed by atoms with Crippen LogP contribution in [0.3, 0.4) is 0 Å². The standard InChI is InChI=1S/C28H31N9O/c1-4-5-9-24-18-36(26-22(17-29)10-15-35(26)20(2)3)27(38)37(24)19-28(11-13-30-14-12-28)23-8-6-7-21(16-23)25-31-33-34-32-25/h6-8,10-11,13-16,18,20H,4-5,9,12,19H2,1-3H3,(H,31,32,33,34). The number of benzene rings is 1. The Labute approximate surface area is 221 Å². The molecule has 1 N–H and O–H groups in total. The zero-order valence-electron chi connectivity index (χ0n) is 21.9. The summed E-state index contributed by atoms with van der Waals surface area (Å²) >= 11 is 0. The molecular formula is C28H31N9O. The average Bonchev–Trinajstić information content (AvgIpc) is 3.68. The molecule has 194 valence electrons. The number of aliphatic imine (C=N–C) groups is 1. The molecule has 0 amide bonds. The van der Waals surface area contributed by atoms with Crippen LogP contribution in [-0.4, -0.2) is 40.5 Å². The number of allylic oxidation sites excluding steroid dienone is 1. The van der Waals surface area contributed by atoms with Crippen LogP contribution in [0.4, 0.5) is 0 Å². The summed E-state index contributed by atoms with van der Waals surface area (Å²) in [5, 5.41) is 24.1. The molecule has 4 heterocycles. The first-order valence-corrected chi connectivity index (χ1v) is 12.9. The van der Waals surface area contributed by atoms with Crippen molar-refractivity contribution in [3.63, 3.8) is 0 Å². The fourth-order valence-corrected chi connectivity index (χ4v) is 5.09. The van der Waals surface area contributed by atoms with Crippen molar-refractivity contribution in [1.82, 2.24) is 34.3 Å². The summed E-state index contributed by atoms with van der Waals surface area (Å²) in [4.78, 5) is 18.4. The third kappa shape index (κ3) is 4.52. The highest BCUT2D eigenvalue weighted by Crippen LogP contribution is 2.35. The van der Waals surface area contributed by atoms with E-state index in [1.807, 2.05) is 53.7 Å². The van der Waals surface area contributed by atoms with Crippen LogP contribution in [0, 0.1) is 11.3 Å². The maximum atomic E-state index is 14.1. The molecule has 0 radical (unpaired) electrons. The van der Waals surface area contributed by atoms with Gasteiger partial charge in [-0.2, -0.15) is 5.26 Å². The second-order valence-electron chi connectivity index (χ2n) is 9.97. The van der Waals surface area contributed by atoms with Gasteiger partial charge in [0.1, 0.15) is 11.9 Å². The molecule has 1 aliphatic heterocycles. The summed E-state index contributed by atoms with van der Waals surface area (Å²) < 4.78 is 5.50. The quantitative estimate of drug-likeness (QED) is 0.360. The lowest BCUT2D eigenvalue weighted by Crippen LogP contribution is -2.37. The molecule has 0 saturated heterocycles. The zero-order valence-corrected chi connectivity index (χ0v) is 21.9. The molecule has 0 aliphatic carbocycles. The molecule has 0 fully saturated rings. The minimum absolute atomic E-state index is 0.0959. The van der Waals surface area contributed by atoms with Crippen molar-refractivity contribution < 1.29 is 0 Å². The molecule has 3 aromatic heterocycles. The molecule has 10 nitrogen and oxygen atoms in total. The SMILES string of the molecule is CCCCc1cn(-c2c(C#N)ccn2C(C)C)c(=O)n1CC1(c2cccc(-c3nnn[nH]3)c2)C=CN=CC1. The van der Waals surface area contributed by atoms with E-state index in [9.17, 15) is 10.1 Å². The van der Waals surface area contributed by atoms with Crippen LogP contribution in [0.15, 0.2) is 64.8 Å². The van der Waals surface area contributed by atoms with Gasteiger partial charge in [0.2, 0.25) is 0 Å². The Hall–Kier alpha value is -4.52. The lowest BCUT2D eigenvalue weighted by molar-refractivity contribution is 0.438. The van der Waals surface area contributed by atoms with Crippen LogP contribution in [-0.2, 0) is 18.4 Å². The third-order valence-corrected chi connectivity index (χ3v) is 7.18. The largest absolute Gasteiger partial charge is 0.334 e. The van der Waals surface area contributed by atoms with Gasteiger partial charge in [-0.1, -0.05) is 37.6 Å². The van der Waals surface area contributed by atoms with Crippen LogP contribution in [0.2, 0.25) is 0 Å². The summed E-state index contributed by atoms with van der Waals surface area (Å²) in [7, 11) is 0. The topological polar surface area (TPSA) is 122 Å². The Morgan fingerprint density at radius 2 is 2.13 bits per heavy atom. The average molecular weight is 510 g/mol. The molecule has 0 bridgehead atoms. The summed E-state index contributed by atoms with van der Waals surface area (Å²) in [6.45, 7) is 6.66. The number of tetrazole rings is 1. The minimum atomic E-state index is -0.500. The monoisotopic (exact) mass is 509 g/mol. The summed E-state index contributed by atoms with van der Waals surface area (Å²) in [5.74, 6) is 1.19. The Morgan fingerprint density at radius 1 is 1.26 bits per heavy atom. The Kier molecular flexibility index (Phi) is 6.92. The molecule has 0 saturated carbocycles. The van der Waals surface area contributed by atoms with Crippen molar-refractivity contribution in [3.05, 3.63) is 82.3 Å². The van der Waals surface area contributed by atoms with Gasteiger partial charge in [-0.15, -0.1) is 5.10 Å². The van der Waals surface area contributed by atoms with Gasteiger partial charge in [-0.05, 0) is 61.2 Å². The first kappa shape index (κ1) is 25.1. The Morgan fingerprint density at radius 3 is 2.82 bits per heavy atom. The number of aryl methyl sites for hydroxylation is 1. The predicted octanol–water partition coefficient (Wildman–Crippen LogP) is 4.34. The predicted molar refractivity (Wildman–Crippen MR) is 145 cm³/mol. The van der Waals surface area contributed by atoms with E-state index in [0.717, 1.165) is 36.1 Å². The van der Waals surface area contributed by atoms with Crippen molar-refractivity contribution in [2.24, 2.45) is 4.99 Å². The van der Waals surface area contributed by atoms with E-state index in [2.05, 4.69) is 56.8 Å². The van der Waals surface area contributed by atoms with E-state index in [4.69, 9.17) is 0 Å². The van der Waals surface area contributed by atoms with E-state index in [0.29, 0.717) is 30.2 Å². The lowest BCUT2D eigenvalue weighted by atomic mass is 9.76. The fourth-order valence-electron chi connectivity index (χ4n) is 5.09. The van der Waals surface area contributed by atoms with Crippen LogP contribution < -0.4 is 5.69 Å². The smallest absolute Gasteiger partial charge is 0.330 e. The second kappa shape index (κ2) is 10.5. The molecular weight excluding hydrogens is 478 g/mol. The van der Waals surface area contributed by atoms with E-state index in [1.54, 1.807) is 16.8 Å². The van der Waals surface area contributed by atoms with E-state index in [-0.39, 0.29) is 11.7 Å². The van der Waals surface area contributed by atoms with Gasteiger partial charge in [-0.3, -0.25) is 14.1 Å². The van der Waals surface area contributed by atoms with Crippen molar-refractivity contribution in [1.29, 1.82) is 5.26 Å². The van der Waals surface area contributed by atoms with Crippen LogP contribution >= 0.6 is 0 Å². The van der Waals surface area contributed by atoms with Crippen LogP contribution in [0.5, 0.6) is 0 Å². The summed E-state index contributed by atoms with van der Waals surface area (Å²) in [6, 6.07) is 12.2. The number of unbranched alkanes of at least 4 members (excludes halogenated alkanes) is 1. The number of nitrogens with one attached hydrogen (secondary N) is 1. The molecule has 1 atom stereocenters. The van der Waals surface area contributed by atoms with Gasteiger partial charge in [0.25, 0.3) is 0 Å². The van der Waals surface area contributed by atoms with Gasteiger partial charge in [0.05, 0.1) is 5.56 Å². The molecule has 1 aliphatic rings. The number of hydrogen-bond donors (Lipinski definition) is 1. The van der Waals surface area contributed by atoms with Gasteiger partial charge in [-0.25, -0.2) is 9.89 Å². The number of imidazole rings is 1. The number of aromatic nitrogens is 7. The first-order chi connectivity index (χ1) is 18.5. The maximum Gasteiger partial charge on any atom is 0.334 e. The Bertz CT molecular complexity index is 1580. The van der Waals surface area contributed by atoms with E-state index in [1.165, 1.54) is 0 Å². The number of rotatable bonds is 9. The highest BCUT2D eigenvalue weighted by Gasteiger charge is 2.33. The van der Waals surface area contributed by atoms with Crippen molar-refractivity contribution in [2.75, 3.05) is 0 Å². The minimum Gasteiger partial charge on any atom is -0.330 e. The second-order valence-corrected chi connectivity index (χ2v) is 9.97. The summed E-state index contributed by atoms with van der Waals surface area (Å²) in [6.07, 6.45) is 12.9. The molecule has 1 unspecified atom stereocenters. The number of nitrogens with zero attached hydrogens (tertiary/aromatic N) is 8. The van der Waals surface area contributed by atoms with Crippen LogP contribution in [0.25, 0.3) is 17.2 Å². The Balaban J connectivity index is 1.65. The zero-order chi connectivity index (χ0) is 26.7. The van der Waals surface area contributed by atoms with Crippen molar-refractivity contribution >= 4 is 6.21 Å².